The molecule has 7 heteroatoms. The van der Waals surface area contributed by atoms with E-state index in [1.165, 1.54) is 0 Å². The van der Waals surface area contributed by atoms with Crippen LogP contribution in [-0.4, -0.2) is 65.5 Å². The molecule has 0 unspecified atom stereocenters. The van der Waals surface area contributed by atoms with Gasteiger partial charge in [-0.05, 0) is 18.6 Å². The molecule has 0 atom stereocenters. The topological polar surface area (TPSA) is 63.5 Å². The zero-order valence-corrected chi connectivity index (χ0v) is 17.3. The van der Waals surface area contributed by atoms with E-state index in [0.29, 0.717) is 17.8 Å². The molecule has 4 rings (SSSR count). The maximum absolute atomic E-state index is 12.4. The minimum absolute atomic E-state index is 0.0886. The molecule has 2 aromatic carbocycles. The van der Waals surface area contributed by atoms with Crippen molar-refractivity contribution in [3.05, 3.63) is 72.1 Å². The molecule has 0 amide bonds. The second-order valence-corrected chi connectivity index (χ2v) is 7.37. The van der Waals surface area contributed by atoms with Gasteiger partial charge in [-0.1, -0.05) is 42.5 Å². The van der Waals surface area contributed by atoms with E-state index >= 15 is 0 Å². The van der Waals surface area contributed by atoms with Crippen LogP contribution in [0.1, 0.15) is 22.5 Å². The standard InChI is InChI=1S/C23H27N5O2/c1-30-22-11-6-5-10-21(22)27-16-14-26(15-17-27)12-7-13-28-24-18-20(25-28)23(29)19-8-3-2-4-9-19/h2-6,8-11,18H,7,12-17H2,1H3. The lowest BCUT2D eigenvalue weighted by Crippen LogP contribution is -2.46. The van der Waals surface area contributed by atoms with Gasteiger partial charge >= 0.3 is 0 Å². The summed E-state index contributed by atoms with van der Waals surface area (Å²) in [5, 5.41) is 8.62. The zero-order chi connectivity index (χ0) is 20.8. The normalized spacial score (nSPS) is 14.6. The summed E-state index contributed by atoms with van der Waals surface area (Å²) in [7, 11) is 1.72. The summed E-state index contributed by atoms with van der Waals surface area (Å²) in [5.74, 6) is 0.839. The van der Waals surface area contributed by atoms with Crippen LogP contribution in [0, 0.1) is 0 Å². The molecule has 1 aliphatic heterocycles. The first-order valence-corrected chi connectivity index (χ1v) is 10.3. The minimum atomic E-state index is -0.0886. The molecule has 0 saturated carbocycles. The van der Waals surface area contributed by atoms with Crippen LogP contribution in [0.4, 0.5) is 5.69 Å². The summed E-state index contributed by atoms with van der Waals surface area (Å²) in [5.41, 5.74) is 2.19. The number of methoxy groups -OCH3 is 1. The van der Waals surface area contributed by atoms with E-state index < -0.39 is 0 Å². The summed E-state index contributed by atoms with van der Waals surface area (Å²) >= 11 is 0. The largest absolute Gasteiger partial charge is 0.495 e. The Balaban J connectivity index is 1.23. The van der Waals surface area contributed by atoms with Gasteiger partial charge in [0.2, 0.25) is 5.78 Å². The number of benzene rings is 2. The van der Waals surface area contributed by atoms with Gasteiger partial charge < -0.3 is 9.64 Å². The molecule has 0 aliphatic carbocycles. The van der Waals surface area contributed by atoms with Crippen LogP contribution in [0.3, 0.4) is 0 Å². The Morgan fingerprint density at radius 1 is 0.967 bits per heavy atom. The van der Waals surface area contributed by atoms with E-state index in [1.807, 2.05) is 30.3 Å². The van der Waals surface area contributed by atoms with E-state index in [-0.39, 0.29) is 5.78 Å². The second kappa shape index (κ2) is 9.54. The van der Waals surface area contributed by atoms with E-state index in [0.717, 1.165) is 50.6 Å². The predicted molar refractivity (Wildman–Crippen MR) is 116 cm³/mol. The molecule has 1 aromatic heterocycles. The van der Waals surface area contributed by atoms with Gasteiger partial charge in [0.1, 0.15) is 5.75 Å². The van der Waals surface area contributed by atoms with Gasteiger partial charge in [0.05, 0.1) is 25.5 Å². The fourth-order valence-electron chi connectivity index (χ4n) is 3.79. The van der Waals surface area contributed by atoms with E-state index in [4.69, 9.17) is 4.74 Å². The Labute approximate surface area is 176 Å². The third-order valence-electron chi connectivity index (χ3n) is 5.44. The molecule has 2 heterocycles. The van der Waals surface area contributed by atoms with Gasteiger partial charge in [-0.15, -0.1) is 5.10 Å². The first-order valence-electron chi connectivity index (χ1n) is 10.3. The van der Waals surface area contributed by atoms with Crippen LogP contribution in [0.2, 0.25) is 0 Å². The number of ketones is 1. The zero-order valence-electron chi connectivity index (χ0n) is 17.3. The lowest BCUT2D eigenvalue weighted by atomic mass is 10.1. The number of nitrogens with zero attached hydrogens (tertiary/aromatic N) is 5. The summed E-state index contributed by atoms with van der Waals surface area (Å²) in [6, 6.07) is 17.4. The number of hydrogen-bond acceptors (Lipinski definition) is 6. The first kappa shape index (κ1) is 20.1. The number of carbonyl (C=O) groups is 1. The van der Waals surface area contributed by atoms with Crippen molar-refractivity contribution >= 4 is 11.5 Å². The van der Waals surface area contributed by atoms with Gasteiger partial charge in [0.25, 0.3) is 0 Å². The quantitative estimate of drug-likeness (QED) is 0.537. The Morgan fingerprint density at radius 3 is 2.47 bits per heavy atom. The van der Waals surface area contributed by atoms with Gasteiger partial charge in [-0.25, -0.2) is 0 Å². The smallest absolute Gasteiger partial charge is 0.214 e. The van der Waals surface area contributed by atoms with Gasteiger partial charge in [0.15, 0.2) is 5.69 Å². The van der Waals surface area contributed by atoms with E-state index in [2.05, 4.69) is 32.1 Å². The Bertz CT molecular complexity index is 964. The van der Waals surface area contributed by atoms with Crippen LogP contribution >= 0.6 is 0 Å². The van der Waals surface area contributed by atoms with E-state index in [9.17, 15) is 4.79 Å². The number of aromatic nitrogens is 3. The van der Waals surface area contributed by atoms with Crippen molar-refractivity contribution in [2.24, 2.45) is 0 Å². The minimum Gasteiger partial charge on any atom is -0.495 e. The fraction of sp³-hybridized carbons (Fsp3) is 0.348. The molecule has 0 bridgehead atoms. The summed E-state index contributed by atoms with van der Waals surface area (Å²) in [4.78, 5) is 18.9. The molecule has 0 spiro atoms. The molecular weight excluding hydrogens is 378 g/mol. The molecule has 0 radical (unpaired) electrons. The highest BCUT2D eigenvalue weighted by Crippen LogP contribution is 2.28. The van der Waals surface area contributed by atoms with Crippen LogP contribution in [0.25, 0.3) is 0 Å². The van der Waals surface area contributed by atoms with E-state index in [1.54, 1.807) is 30.2 Å². The maximum atomic E-state index is 12.4. The highest BCUT2D eigenvalue weighted by atomic mass is 16.5. The number of rotatable bonds is 8. The fourth-order valence-corrected chi connectivity index (χ4v) is 3.79. The number of hydrogen-bond donors (Lipinski definition) is 0. The number of carbonyl (C=O) groups excluding carboxylic acids is 1. The molecule has 1 aliphatic rings. The first-order chi connectivity index (χ1) is 14.7. The highest BCUT2D eigenvalue weighted by molar-refractivity contribution is 6.07. The molecule has 1 saturated heterocycles. The molecule has 3 aromatic rings. The van der Waals surface area contributed by atoms with Crippen LogP contribution in [0.5, 0.6) is 5.75 Å². The average Bonchev–Trinajstić information content (AvgIpc) is 3.28. The lowest BCUT2D eigenvalue weighted by molar-refractivity contribution is 0.103. The molecular formula is C23H27N5O2. The summed E-state index contributed by atoms with van der Waals surface area (Å²) < 4.78 is 5.49. The summed E-state index contributed by atoms with van der Waals surface area (Å²) in [6.07, 6.45) is 2.50. The van der Waals surface area contributed by atoms with Crippen molar-refractivity contribution in [1.29, 1.82) is 0 Å². The number of ether oxygens (including phenoxy) is 1. The van der Waals surface area contributed by atoms with Gasteiger partial charge in [0, 0.05) is 38.3 Å². The SMILES string of the molecule is COc1ccccc1N1CCN(CCCn2ncc(C(=O)c3ccccc3)n2)CC1. The summed E-state index contributed by atoms with van der Waals surface area (Å²) in [6.45, 7) is 5.69. The van der Waals surface area contributed by atoms with Crippen molar-refractivity contribution in [3.63, 3.8) is 0 Å². The number of anilines is 1. The molecule has 0 N–H and O–H groups in total. The van der Waals surface area contributed by atoms with Crippen molar-refractivity contribution in [3.8, 4) is 5.75 Å². The van der Waals surface area contributed by atoms with Gasteiger partial charge in [-0.2, -0.15) is 9.90 Å². The number of para-hydroxylation sites is 2. The lowest BCUT2D eigenvalue weighted by Gasteiger charge is -2.36. The van der Waals surface area contributed by atoms with Crippen LogP contribution in [-0.2, 0) is 6.54 Å². The number of aryl methyl sites for hydroxylation is 1. The second-order valence-electron chi connectivity index (χ2n) is 7.37. The average molecular weight is 406 g/mol. The van der Waals surface area contributed by atoms with Crippen LogP contribution in [0.15, 0.2) is 60.8 Å². The predicted octanol–water partition coefficient (Wildman–Crippen LogP) is 2.73. The third kappa shape index (κ3) is 4.68. The van der Waals surface area contributed by atoms with Crippen molar-refractivity contribution in [2.75, 3.05) is 44.7 Å². The Morgan fingerprint density at radius 2 is 1.70 bits per heavy atom. The molecule has 156 valence electrons. The Hall–Kier alpha value is -3.19. The molecule has 1 fully saturated rings. The van der Waals surface area contributed by atoms with Gasteiger partial charge in [-0.3, -0.25) is 9.69 Å². The molecule has 30 heavy (non-hydrogen) atoms. The molecule has 7 nitrogen and oxygen atoms in total. The third-order valence-corrected chi connectivity index (χ3v) is 5.44. The number of piperazine rings is 1. The monoisotopic (exact) mass is 405 g/mol. The Kier molecular flexibility index (Phi) is 6.39. The van der Waals surface area contributed by atoms with Crippen molar-refractivity contribution in [1.82, 2.24) is 19.9 Å². The highest BCUT2D eigenvalue weighted by Gasteiger charge is 2.19. The van der Waals surface area contributed by atoms with Crippen molar-refractivity contribution in [2.45, 2.75) is 13.0 Å². The van der Waals surface area contributed by atoms with Crippen LogP contribution < -0.4 is 9.64 Å². The maximum Gasteiger partial charge on any atom is 0.214 e. The van der Waals surface area contributed by atoms with Crippen molar-refractivity contribution < 1.29 is 9.53 Å².